The van der Waals surface area contributed by atoms with E-state index >= 15 is 0 Å². The highest BCUT2D eigenvalue weighted by atomic mass is 32.2. The summed E-state index contributed by atoms with van der Waals surface area (Å²) in [6.45, 7) is 4.61. The highest BCUT2D eigenvalue weighted by molar-refractivity contribution is 7.89. The van der Waals surface area contributed by atoms with Crippen LogP contribution in [-0.2, 0) is 19.5 Å². The molecule has 2 aromatic rings. The van der Waals surface area contributed by atoms with Crippen LogP contribution in [0.15, 0.2) is 47.4 Å². The van der Waals surface area contributed by atoms with E-state index in [9.17, 15) is 18.0 Å². The number of hydrogen-bond acceptors (Lipinski definition) is 8. The van der Waals surface area contributed by atoms with Crippen LogP contribution in [0.3, 0.4) is 0 Å². The van der Waals surface area contributed by atoms with Crippen LogP contribution in [0.4, 0.5) is 0 Å². The number of benzene rings is 2. The highest BCUT2D eigenvalue weighted by Gasteiger charge is 2.32. The van der Waals surface area contributed by atoms with Crippen LogP contribution in [0.1, 0.15) is 41.0 Å². The van der Waals surface area contributed by atoms with Crippen molar-refractivity contribution in [1.29, 1.82) is 0 Å². The predicted molar refractivity (Wildman–Crippen MR) is 122 cm³/mol. The van der Waals surface area contributed by atoms with Crippen LogP contribution >= 0.6 is 0 Å². The molecule has 0 amide bonds. The van der Waals surface area contributed by atoms with Gasteiger partial charge in [0.15, 0.2) is 23.9 Å². The second-order valence-electron chi connectivity index (χ2n) is 8.32. The quantitative estimate of drug-likeness (QED) is 0.450. The fourth-order valence-corrected chi connectivity index (χ4v) is 5.53. The second kappa shape index (κ2) is 10.1. The number of esters is 1. The largest absolute Gasteiger partial charge is 0.490 e. The minimum atomic E-state index is -3.82. The van der Waals surface area contributed by atoms with Gasteiger partial charge in [0, 0.05) is 25.1 Å². The molecule has 0 saturated carbocycles. The van der Waals surface area contributed by atoms with Gasteiger partial charge in [0.2, 0.25) is 10.0 Å². The minimum Gasteiger partial charge on any atom is -0.490 e. The Labute approximate surface area is 198 Å². The summed E-state index contributed by atoms with van der Waals surface area (Å²) in [5.74, 6) is -0.167. The van der Waals surface area contributed by atoms with Gasteiger partial charge in [0.05, 0.1) is 35.9 Å². The normalized spacial score (nSPS) is 20.9. The lowest BCUT2D eigenvalue weighted by atomic mass is 10.1. The third-order valence-electron chi connectivity index (χ3n) is 5.50. The molecule has 2 heterocycles. The number of ether oxygens (including phenoxy) is 4. The molecule has 34 heavy (non-hydrogen) atoms. The van der Waals surface area contributed by atoms with Gasteiger partial charge in [-0.1, -0.05) is 6.07 Å². The van der Waals surface area contributed by atoms with Crippen molar-refractivity contribution in [3.8, 4) is 11.5 Å². The SMILES string of the molecule is C[C@H]1CN(S(=O)(=O)c2cccc(C(=O)OCC(=O)c3ccc4c(c3)OCCCO4)c2)C[C@H](C)O1. The molecule has 0 bridgehead atoms. The van der Waals surface area contributed by atoms with Gasteiger partial charge >= 0.3 is 5.97 Å². The Morgan fingerprint density at radius 1 is 0.971 bits per heavy atom. The van der Waals surface area contributed by atoms with Crippen molar-refractivity contribution in [3.63, 3.8) is 0 Å². The summed E-state index contributed by atoms with van der Waals surface area (Å²) >= 11 is 0. The van der Waals surface area contributed by atoms with E-state index in [1.165, 1.54) is 28.6 Å². The minimum absolute atomic E-state index is 0.0162. The Morgan fingerprint density at radius 3 is 2.41 bits per heavy atom. The maximum Gasteiger partial charge on any atom is 0.338 e. The summed E-state index contributed by atoms with van der Waals surface area (Å²) in [5, 5.41) is 0. The molecule has 0 radical (unpaired) electrons. The van der Waals surface area contributed by atoms with Gasteiger partial charge in [0.25, 0.3) is 0 Å². The second-order valence-corrected chi connectivity index (χ2v) is 10.3. The third-order valence-corrected chi connectivity index (χ3v) is 7.33. The standard InChI is InChI=1S/C24H27NO8S/c1-16-13-25(14-17(2)33-16)34(28,29)20-6-3-5-19(11-20)24(27)32-15-21(26)18-7-8-22-23(12-18)31-10-4-9-30-22/h3,5-8,11-12,16-17H,4,9-10,13-15H2,1-2H3/t16-,17-/m0/s1. The van der Waals surface area contributed by atoms with E-state index in [2.05, 4.69) is 0 Å². The molecule has 182 valence electrons. The lowest BCUT2D eigenvalue weighted by molar-refractivity contribution is -0.0440. The average molecular weight is 490 g/mol. The Balaban J connectivity index is 1.43. The first-order valence-corrected chi connectivity index (χ1v) is 12.5. The van der Waals surface area contributed by atoms with Gasteiger partial charge in [0.1, 0.15) is 0 Å². The number of carbonyl (C=O) groups is 2. The van der Waals surface area contributed by atoms with Gasteiger partial charge in [-0.25, -0.2) is 13.2 Å². The Morgan fingerprint density at radius 2 is 1.68 bits per heavy atom. The molecule has 2 aliphatic rings. The molecule has 0 aliphatic carbocycles. The fourth-order valence-electron chi connectivity index (χ4n) is 3.89. The summed E-state index contributed by atoms with van der Waals surface area (Å²) < 4.78 is 49.4. The van der Waals surface area contributed by atoms with Crippen molar-refractivity contribution in [2.24, 2.45) is 0 Å². The van der Waals surface area contributed by atoms with Gasteiger partial charge in [-0.2, -0.15) is 4.31 Å². The van der Waals surface area contributed by atoms with Crippen LogP contribution in [0, 0.1) is 0 Å². The number of Topliss-reactive ketones (excluding diaryl/α,β-unsaturated/α-hetero) is 1. The smallest absolute Gasteiger partial charge is 0.338 e. The summed E-state index contributed by atoms with van der Waals surface area (Å²) in [6.07, 6.45) is 0.277. The Hall–Kier alpha value is -2.95. The highest BCUT2D eigenvalue weighted by Crippen LogP contribution is 2.30. The Kier molecular flexibility index (Phi) is 7.20. The number of morpholine rings is 1. The molecule has 1 fully saturated rings. The number of rotatable bonds is 6. The van der Waals surface area contributed by atoms with Crippen molar-refractivity contribution < 1.29 is 37.0 Å². The summed E-state index contributed by atoms with van der Waals surface area (Å²) in [6, 6.07) is 10.4. The van der Waals surface area contributed by atoms with Gasteiger partial charge < -0.3 is 18.9 Å². The molecule has 4 rings (SSSR count). The van der Waals surface area contributed by atoms with Crippen molar-refractivity contribution in [1.82, 2.24) is 4.31 Å². The van der Waals surface area contributed by atoms with Crippen molar-refractivity contribution in [3.05, 3.63) is 53.6 Å². The zero-order chi connectivity index (χ0) is 24.3. The Bertz CT molecular complexity index is 1170. The molecule has 9 nitrogen and oxygen atoms in total. The molecule has 0 N–H and O–H groups in total. The summed E-state index contributed by atoms with van der Waals surface area (Å²) in [7, 11) is -3.82. The first kappa shape index (κ1) is 24.2. The summed E-state index contributed by atoms with van der Waals surface area (Å²) in [4.78, 5) is 25.1. The summed E-state index contributed by atoms with van der Waals surface area (Å²) in [5.41, 5.74) is 0.367. The van der Waals surface area contributed by atoms with Crippen LogP contribution in [0.25, 0.3) is 0 Å². The number of sulfonamides is 1. The van der Waals surface area contributed by atoms with E-state index in [-0.39, 0.29) is 35.8 Å². The number of fused-ring (bicyclic) bond motifs is 1. The third kappa shape index (κ3) is 5.40. The van der Waals surface area contributed by atoms with Crippen molar-refractivity contribution in [2.75, 3.05) is 32.9 Å². The van der Waals surface area contributed by atoms with E-state index in [0.717, 1.165) is 6.42 Å². The maximum absolute atomic E-state index is 13.1. The van der Waals surface area contributed by atoms with Crippen LogP contribution in [0.2, 0.25) is 0 Å². The zero-order valence-electron chi connectivity index (χ0n) is 19.1. The van der Waals surface area contributed by atoms with Gasteiger partial charge in [-0.05, 0) is 50.2 Å². The first-order valence-electron chi connectivity index (χ1n) is 11.1. The molecule has 0 aromatic heterocycles. The van der Waals surface area contributed by atoms with E-state index in [1.807, 2.05) is 13.8 Å². The zero-order valence-corrected chi connectivity index (χ0v) is 19.9. The molecule has 0 spiro atoms. The molecule has 2 atom stereocenters. The molecule has 10 heteroatoms. The molecule has 2 aliphatic heterocycles. The van der Waals surface area contributed by atoms with E-state index in [0.29, 0.717) is 30.3 Å². The monoisotopic (exact) mass is 489 g/mol. The topological polar surface area (TPSA) is 108 Å². The van der Waals surface area contributed by atoms with Crippen LogP contribution in [0.5, 0.6) is 11.5 Å². The van der Waals surface area contributed by atoms with Crippen molar-refractivity contribution in [2.45, 2.75) is 37.4 Å². The first-order chi connectivity index (χ1) is 16.2. The lowest BCUT2D eigenvalue weighted by Gasteiger charge is -2.34. The molecule has 1 saturated heterocycles. The number of ketones is 1. The lowest BCUT2D eigenvalue weighted by Crippen LogP contribution is -2.48. The van der Waals surface area contributed by atoms with E-state index < -0.39 is 28.4 Å². The number of hydrogen-bond donors (Lipinski definition) is 0. The average Bonchev–Trinajstić information content (AvgIpc) is 3.06. The van der Waals surface area contributed by atoms with Crippen molar-refractivity contribution >= 4 is 21.8 Å². The molecular weight excluding hydrogens is 462 g/mol. The number of carbonyl (C=O) groups excluding carboxylic acids is 2. The molecule has 2 aromatic carbocycles. The van der Waals surface area contributed by atoms with E-state index in [1.54, 1.807) is 18.2 Å². The fraction of sp³-hybridized carbons (Fsp3) is 0.417. The van der Waals surface area contributed by atoms with Gasteiger partial charge in [-0.15, -0.1) is 0 Å². The predicted octanol–water partition coefficient (Wildman–Crippen LogP) is 2.69. The molecular formula is C24H27NO8S. The van der Waals surface area contributed by atoms with E-state index in [4.69, 9.17) is 18.9 Å². The van der Waals surface area contributed by atoms with Crippen LogP contribution < -0.4 is 9.47 Å². The molecule has 0 unspecified atom stereocenters. The van der Waals surface area contributed by atoms with Gasteiger partial charge in [-0.3, -0.25) is 4.79 Å². The van der Waals surface area contributed by atoms with Crippen LogP contribution in [-0.4, -0.2) is 69.6 Å². The number of nitrogens with zero attached hydrogens (tertiary/aromatic N) is 1. The maximum atomic E-state index is 13.1.